The summed E-state index contributed by atoms with van der Waals surface area (Å²) in [5.74, 6) is -6.15. The summed E-state index contributed by atoms with van der Waals surface area (Å²) in [6.45, 7) is 14.9. The Morgan fingerprint density at radius 2 is 0.840 bits per heavy atom. The standard InChI is InChI=1S/C38H38O12/c1-15(2)27-23-11-17(5)29(37(49-21(9)43)31(23)25(13-39)35(33(27)45)47-19(7)41)30-18(6)12-24-28(16(3)4)34(46)36(48-20(8)42)26(14-40)32(24)38(30)50-22(10)44/h11-16,45-46H,1-10H3. The number of phenols is 2. The summed E-state index contributed by atoms with van der Waals surface area (Å²) >= 11 is 0. The summed E-state index contributed by atoms with van der Waals surface area (Å²) < 4.78 is 22.4. The minimum atomic E-state index is -0.824. The highest BCUT2D eigenvalue weighted by atomic mass is 16.6. The van der Waals surface area contributed by atoms with E-state index in [0.29, 0.717) is 45.6 Å². The van der Waals surface area contributed by atoms with Crippen LogP contribution >= 0.6 is 0 Å². The summed E-state index contributed by atoms with van der Waals surface area (Å²) in [5, 5.41) is 23.3. The van der Waals surface area contributed by atoms with Crippen molar-refractivity contribution in [2.24, 2.45) is 0 Å². The molecule has 0 bridgehead atoms. The number of carbonyl (C=O) groups is 6. The zero-order valence-electron chi connectivity index (χ0n) is 29.4. The van der Waals surface area contributed by atoms with E-state index in [4.69, 9.17) is 18.9 Å². The molecule has 12 heteroatoms. The zero-order valence-corrected chi connectivity index (χ0v) is 29.4. The summed E-state index contributed by atoms with van der Waals surface area (Å²) in [6, 6.07) is 3.31. The lowest BCUT2D eigenvalue weighted by molar-refractivity contribution is -0.133. The van der Waals surface area contributed by atoms with Gasteiger partial charge in [0.15, 0.2) is 35.6 Å². The monoisotopic (exact) mass is 686 g/mol. The lowest BCUT2D eigenvalue weighted by Crippen LogP contribution is -2.12. The van der Waals surface area contributed by atoms with Gasteiger partial charge in [-0.2, -0.15) is 0 Å². The molecule has 2 N–H and O–H groups in total. The molecule has 50 heavy (non-hydrogen) atoms. The van der Waals surface area contributed by atoms with Gasteiger partial charge in [0.2, 0.25) is 0 Å². The van der Waals surface area contributed by atoms with Crippen LogP contribution in [0.1, 0.15) is 110 Å². The van der Waals surface area contributed by atoms with Gasteiger partial charge in [0.25, 0.3) is 0 Å². The van der Waals surface area contributed by atoms with Gasteiger partial charge >= 0.3 is 23.9 Å². The molecular formula is C38H38O12. The van der Waals surface area contributed by atoms with Gasteiger partial charge in [-0.1, -0.05) is 39.8 Å². The van der Waals surface area contributed by atoms with Crippen molar-refractivity contribution in [3.63, 3.8) is 0 Å². The molecule has 4 aromatic carbocycles. The van der Waals surface area contributed by atoms with E-state index in [1.165, 1.54) is 0 Å². The first-order valence-electron chi connectivity index (χ1n) is 15.7. The maximum absolute atomic E-state index is 12.8. The zero-order chi connectivity index (χ0) is 37.5. The fraction of sp³-hybridized carbons (Fsp3) is 0.316. The number of aromatic hydroxyl groups is 2. The summed E-state index contributed by atoms with van der Waals surface area (Å²) in [5.41, 5.74) is 1.19. The summed E-state index contributed by atoms with van der Waals surface area (Å²) in [7, 11) is 0. The van der Waals surface area contributed by atoms with Crippen LogP contribution in [0.5, 0.6) is 34.5 Å². The number of benzene rings is 4. The Labute approximate surface area is 287 Å². The molecule has 0 saturated carbocycles. The van der Waals surface area contributed by atoms with Crippen molar-refractivity contribution in [1.82, 2.24) is 0 Å². The smallest absolute Gasteiger partial charge is 0.308 e. The highest BCUT2D eigenvalue weighted by Gasteiger charge is 2.33. The number of phenolic OH excluding ortho intramolecular Hbond substituents is 2. The number of hydrogen-bond acceptors (Lipinski definition) is 12. The third-order valence-electron chi connectivity index (χ3n) is 8.13. The van der Waals surface area contributed by atoms with Crippen molar-refractivity contribution >= 4 is 58.0 Å². The number of ether oxygens (including phenoxy) is 4. The van der Waals surface area contributed by atoms with Gasteiger partial charge in [-0.25, -0.2) is 0 Å². The lowest BCUT2D eigenvalue weighted by Gasteiger charge is -2.26. The van der Waals surface area contributed by atoms with Gasteiger partial charge in [-0.05, 0) is 47.6 Å². The molecule has 0 aliphatic carbocycles. The van der Waals surface area contributed by atoms with Gasteiger partial charge in [0.1, 0.15) is 11.5 Å². The Kier molecular flexibility index (Phi) is 10.4. The molecule has 12 nitrogen and oxygen atoms in total. The summed E-state index contributed by atoms with van der Waals surface area (Å²) in [6.07, 6.45) is 0.731. The molecule has 0 unspecified atom stereocenters. The van der Waals surface area contributed by atoms with E-state index in [2.05, 4.69) is 0 Å². The fourth-order valence-electron chi connectivity index (χ4n) is 6.52. The summed E-state index contributed by atoms with van der Waals surface area (Å²) in [4.78, 5) is 75.6. The van der Waals surface area contributed by atoms with Crippen molar-refractivity contribution < 1.29 is 57.9 Å². The van der Waals surface area contributed by atoms with Crippen LogP contribution in [0.2, 0.25) is 0 Å². The van der Waals surface area contributed by atoms with Crippen LogP contribution in [0.4, 0.5) is 0 Å². The minimum absolute atomic E-state index is 0.0200. The molecule has 0 aliphatic rings. The van der Waals surface area contributed by atoms with E-state index in [0.717, 1.165) is 27.7 Å². The molecule has 0 fully saturated rings. The molecule has 0 radical (unpaired) electrons. The van der Waals surface area contributed by atoms with E-state index in [9.17, 15) is 39.0 Å². The Bertz CT molecular complexity index is 2000. The number of esters is 4. The van der Waals surface area contributed by atoms with Crippen molar-refractivity contribution in [2.45, 2.75) is 81.1 Å². The van der Waals surface area contributed by atoms with E-state index >= 15 is 0 Å². The minimum Gasteiger partial charge on any atom is -0.504 e. The predicted molar refractivity (Wildman–Crippen MR) is 184 cm³/mol. The lowest BCUT2D eigenvalue weighted by atomic mass is 9.83. The molecule has 0 heterocycles. The average molecular weight is 687 g/mol. The van der Waals surface area contributed by atoms with Crippen molar-refractivity contribution in [3.8, 4) is 45.6 Å². The number of fused-ring (bicyclic) bond motifs is 2. The van der Waals surface area contributed by atoms with Gasteiger partial charge in [-0.15, -0.1) is 0 Å². The molecule has 4 rings (SSSR count). The van der Waals surface area contributed by atoms with E-state index in [1.807, 2.05) is 0 Å². The van der Waals surface area contributed by atoms with Crippen molar-refractivity contribution in [1.29, 1.82) is 0 Å². The third kappa shape index (κ3) is 6.36. The highest BCUT2D eigenvalue weighted by molar-refractivity contribution is 6.15. The SMILES string of the molecule is CC(=O)Oc1c(O)c(C(C)C)c2cc(C)c(-c3c(C)cc4c(C(C)C)c(O)c(OC(C)=O)c(C=O)c4c3OC(C)=O)c(OC(C)=O)c2c1C=O. The van der Waals surface area contributed by atoms with Crippen molar-refractivity contribution in [2.75, 3.05) is 0 Å². The van der Waals surface area contributed by atoms with Gasteiger partial charge in [0.05, 0.1) is 11.1 Å². The second-order valence-electron chi connectivity index (χ2n) is 12.6. The predicted octanol–water partition coefficient (Wildman–Crippen LogP) is 7.26. The normalized spacial score (nSPS) is 11.2. The third-order valence-corrected chi connectivity index (χ3v) is 8.13. The largest absolute Gasteiger partial charge is 0.504 e. The number of carbonyl (C=O) groups excluding carboxylic acids is 6. The van der Waals surface area contributed by atoms with E-state index in [-0.39, 0.29) is 56.4 Å². The maximum Gasteiger partial charge on any atom is 0.308 e. The second kappa shape index (κ2) is 14.0. The maximum atomic E-state index is 12.8. The van der Waals surface area contributed by atoms with Crippen LogP contribution in [0, 0.1) is 13.8 Å². The first kappa shape index (κ1) is 37.0. The quantitative estimate of drug-likeness (QED) is 0.102. The van der Waals surface area contributed by atoms with E-state index in [1.54, 1.807) is 53.7 Å². The van der Waals surface area contributed by atoms with Gasteiger partial charge in [-0.3, -0.25) is 28.8 Å². The average Bonchev–Trinajstić information content (AvgIpc) is 2.98. The molecule has 4 aromatic rings. The molecule has 0 aromatic heterocycles. The Morgan fingerprint density at radius 1 is 0.560 bits per heavy atom. The van der Waals surface area contributed by atoms with Crippen LogP contribution in [-0.2, 0) is 19.2 Å². The van der Waals surface area contributed by atoms with Crippen LogP contribution in [0.25, 0.3) is 32.7 Å². The fourth-order valence-corrected chi connectivity index (χ4v) is 6.52. The van der Waals surface area contributed by atoms with Gasteiger partial charge in [0, 0.05) is 60.7 Å². The number of aryl methyl sites for hydroxylation is 2. The first-order chi connectivity index (χ1) is 23.4. The molecular weight excluding hydrogens is 648 g/mol. The molecule has 0 saturated heterocycles. The number of aldehydes is 2. The molecule has 0 amide bonds. The Balaban J connectivity index is 2.45. The molecule has 0 spiro atoms. The number of hydrogen-bond donors (Lipinski definition) is 2. The van der Waals surface area contributed by atoms with E-state index < -0.39 is 46.9 Å². The molecule has 0 atom stereocenters. The Hall–Kier alpha value is -5.78. The molecule has 262 valence electrons. The van der Waals surface area contributed by atoms with Crippen LogP contribution in [0.15, 0.2) is 12.1 Å². The van der Waals surface area contributed by atoms with Crippen LogP contribution < -0.4 is 18.9 Å². The van der Waals surface area contributed by atoms with Crippen LogP contribution in [0.3, 0.4) is 0 Å². The first-order valence-corrected chi connectivity index (χ1v) is 15.7. The topological polar surface area (TPSA) is 180 Å². The van der Waals surface area contributed by atoms with Crippen LogP contribution in [-0.4, -0.2) is 46.7 Å². The van der Waals surface area contributed by atoms with Gasteiger partial charge < -0.3 is 29.2 Å². The Morgan fingerprint density at radius 3 is 1.08 bits per heavy atom. The number of rotatable bonds is 9. The highest BCUT2D eigenvalue weighted by Crippen LogP contribution is 2.55. The second-order valence-corrected chi connectivity index (χ2v) is 12.6. The molecule has 0 aliphatic heterocycles. The van der Waals surface area contributed by atoms with Crippen molar-refractivity contribution in [3.05, 3.63) is 45.5 Å².